The fourth-order valence-electron chi connectivity index (χ4n) is 4.46. The standard InChI is InChI=1S/C29H32N4O7/c1-3-4-16-39-29(35)30-26(28(34)38-2)17-21-19-32(27-10-6-5-9-24(21)27)15-7-8-23-18-25(31-40-23)20-11-13-22(14-12-20)33(36)37/h5-6,9-14,18-19,26H,3-4,7-8,15-17H2,1-2H3,(H,30,35). The molecule has 2 aromatic carbocycles. The van der Waals surface area contributed by atoms with Crippen molar-refractivity contribution in [3.63, 3.8) is 0 Å². The molecule has 0 spiro atoms. The van der Waals surface area contributed by atoms with E-state index in [1.54, 1.807) is 12.1 Å². The number of ether oxygens (including phenoxy) is 2. The van der Waals surface area contributed by atoms with Crippen LogP contribution in [-0.2, 0) is 33.7 Å². The summed E-state index contributed by atoms with van der Waals surface area (Å²) in [6, 6.07) is 15.0. The second kappa shape index (κ2) is 13.4. The van der Waals surface area contributed by atoms with E-state index < -0.39 is 23.0 Å². The lowest BCUT2D eigenvalue weighted by molar-refractivity contribution is -0.384. The van der Waals surface area contributed by atoms with Gasteiger partial charge in [-0.1, -0.05) is 36.7 Å². The van der Waals surface area contributed by atoms with E-state index in [-0.39, 0.29) is 18.7 Å². The number of amides is 1. The second-order valence-electron chi connectivity index (χ2n) is 9.36. The average Bonchev–Trinajstić information content (AvgIpc) is 3.57. The van der Waals surface area contributed by atoms with Gasteiger partial charge in [0.15, 0.2) is 0 Å². The molecule has 210 valence electrons. The number of nitro groups is 1. The quantitative estimate of drug-likeness (QED) is 0.101. The number of non-ortho nitro benzene ring substituents is 1. The third-order valence-corrected chi connectivity index (χ3v) is 6.56. The van der Waals surface area contributed by atoms with Crippen molar-refractivity contribution in [2.24, 2.45) is 0 Å². The van der Waals surface area contributed by atoms with E-state index in [1.165, 1.54) is 19.2 Å². The first-order chi connectivity index (χ1) is 19.4. The third-order valence-electron chi connectivity index (χ3n) is 6.56. The molecular weight excluding hydrogens is 516 g/mol. The summed E-state index contributed by atoms with van der Waals surface area (Å²) in [5.41, 5.74) is 3.29. The lowest BCUT2D eigenvalue weighted by Gasteiger charge is -2.16. The number of rotatable bonds is 13. The monoisotopic (exact) mass is 548 g/mol. The molecular formula is C29H32N4O7. The fraction of sp³-hybridized carbons (Fsp3) is 0.345. The van der Waals surface area contributed by atoms with Gasteiger partial charge in [-0.25, -0.2) is 9.59 Å². The molecule has 11 nitrogen and oxygen atoms in total. The van der Waals surface area contributed by atoms with Crippen LogP contribution in [0.15, 0.2) is 65.3 Å². The summed E-state index contributed by atoms with van der Waals surface area (Å²) in [5.74, 6) is 0.167. The maximum absolute atomic E-state index is 12.5. The van der Waals surface area contributed by atoms with Crippen molar-refractivity contribution in [1.82, 2.24) is 15.0 Å². The first-order valence-electron chi connectivity index (χ1n) is 13.2. The van der Waals surface area contributed by atoms with E-state index in [0.29, 0.717) is 24.4 Å². The number of esters is 1. The number of carbonyl (C=O) groups is 2. The summed E-state index contributed by atoms with van der Waals surface area (Å²) in [5, 5.41) is 18.6. The van der Waals surface area contributed by atoms with Crippen molar-refractivity contribution in [3.05, 3.63) is 82.2 Å². The Bertz CT molecular complexity index is 1460. The van der Waals surface area contributed by atoms with Gasteiger partial charge in [0.2, 0.25) is 0 Å². The van der Waals surface area contributed by atoms with E-state index in [4.69, 9.17) is 14.0 Å². The number of benzene rings is 2. The summed E-state index contributed by atoms with van der Waals surface area (Å²) in [7, 11) is 1.29. The number of methoxy groups -OCH3 is 1. The fourth-order valence-corrected chi connectivity index (χ4v) is 4.46. The molecule has 1 amide bonds. The minimum Gasteiger partial charge on any atom is -0.467 e. The number of para-hydroxylation sites is 1. The average molecular weight is 549 g/mol. The molecule has 2 aromatic heterocycles. The van der Waals surface area contributed by atoms with Gasteiger partial charge in [-0.15, -0.1) is 0 Å². The maximum atomic E-state index is 12.5. The first-order valence-corrected chi connectivity index (χ1v) is 13.2. The zero-order valence-corrected chi connectivity index (χ0v) is 22.5. The maximum Gasteiger partial charge on any atom is 0.407 e. The molecule has 0 aliphatic heterocycles. The highest BCUT2D eigenvalue weighted by atomic mass is 16.6. The molecule has 2 heterocycles. The molecule has 11 heteroatoms. The zero-order chi connectivity index (χ0) is 28.5. The van der Waals surface area contributed by atoms with E-state index in [1.807, 2.05) is 43.5 Å². The molecule has 1 atom stereocenters. The number of hydrogen-bond acceptors (Lipinski definition) is 8. The number of nitrogens with one attached hydrogen (secondary N) is 1. The molecule has 0 fully saturated rings. The number of fused-ring (bicyclic) bond motifs is 1. The number of unbranched alkanes of at least 4 members (excludes halogenated alkanes) is 1. The van der Waals surface area contributed by atoms with Crippen molar-refractivity contribution < 1.29 is 28.5 Å². The van der Waals surface area contributed by atoms with E-state index in [9.17, 15) is 19.7 Å². The Hall–Kier alpha value is -4.67. The molecule has 40 heavy (non-hydrogen) atoms. The summed E-state index contributed by atoms with van der Waals surface area (Å²) in [4.78, 5) is 35.1. The number of nitro benzene ring substituents is 1. The van der Waals surface area contributed by atoms with Gasteiger partial charge in [-0.3, -0.25) is 10.1 Å². The second-order valence-corrected chi connectivity index (χ2v) is 9.36. The van der Waals surface area contributed by atoms with Crippen LogP contribution in [0.25, 0.3) is 22.2 Å². The van der Waals surface area contributed by atoms with Crippen LogP contribution in [0.2, 0.25) is 0 Å². The van der Waals surface area contributed by atoms with Crippen molar-refractivity contribution in [3.8, 4) is 11.3 Å². The third kappa shape index (κ3) is 7.04. The first kappa shape index (κ1) is 28.3. The van der Waals surface area contributed by atoms with Gasteiger partial charge in [0, 0.05) is 60.2 Å². The number of hydrogen-bond donors (Lipinski definition) is 1. The van der Waals surface area contributed by atoms with Crippen LogP contribution in [0, 0.1) is 10.1 Å². The van der Waals surface area contributed by atoms with Crippen molar-refractivity contribution in [2.75, 3.05) is 13.7 Å². The Morgan fingerprint density at radius 2 is 1.93 bits per heavy atom. The molecule has 1 N–H and O–H groups in total. The van der Waals surface area contributed by atoms with Crippen LogP contribution in [0.5, 0.6) is 0 Å². The minimum atomic E-state index is -0.884. The Labute approximate surface area is 231 Å². The van der Waals surface area contributed by atoms with Crippen LogP contribution in [0.3, 0.4) is 0 Å². The lowest BCUT2D eigenvalue weighted by atomic mass is 10.1. The number of aromatic nitrogens is 2. The molecule has 0 saturated heterocycles. The largest absolute Gasteiger partial charge is 0.467 e. The molecule has 0 radical (unpaired) electrons. The van der Waals surface area contributed by atoms with E-state index in [2.05, 4.69) is 15.0 Å². The molecule has 1 unspecified atom stereocenters. The zero-order valence-electron chi connectivity index (χ0n) is 22.5. The van der Waals surface area contributed by atoms with Gasteiger partial charge < -0.3 is 23.9 Å². The predicted octanol–water partition coefficient (Wildman–Crippen LogP) is 5.45. The highest BCUT2D eigenvalue weighted by Crippen LogP contribution is 2.25. The predicted molar refractivity (Wildman–Crippen MR) is 148 cm³/mol. The summed E-state index contributed by atoms with van der Waals surface area (Å²) < 4.78 is 17.7. The van der Waals surface area contributed by atoms with Crippen LogP contribution >= 0.6 is 0 Å². The molecule has 4 rings (SSSR count). The highest BCUT2D eigenvalue weighted by molar-refractivity contribution is 5.86. The molecule has 0 bridgehead atoms. The number of carbonyl (C=O) groups excluding carboxylic acids is 2. The number of alkyl carbamates (subject to hydrolysis) is 1. The van der Waals surface area contributed by atoms with Gasteiger partial charge >= 0.3 is 12.1 Å². The molecule has 0 aliphatic rings. The Balaban J connectivity index is 1.42. The lowest BCUT2D eigenvalue weighted by Crippen LogP contribution is -2.43. The number of aryl methyl sites for hydroxylation is 2. The molecule has 0 saturated carbocycles. The van der Waals surface area contributed by atoms with Gasteiger partial charge in [0.05, 0.1) is 18.6 Å². The Morgan fingerprint density at radius 1 is 1.15 bits per heavy atom. The van der Waals surface area contributed by atoms with E-state index in [0.717, 1.165) is 41.3 Å². The minimum absolute atomic E-state index is 0.0198. The van der Waals surface area contributed by atoms with Gasteiger partial charge in [0.1, 0.15) is 17.5 Å². The Kier molecular flexibility index (Phi) is 9.50. The summed E-state index contributed by atoms with van der Waals surface area (Å²) in [6.07, 6.45) is 4.64. The van der Waals surface area contributed by atoms with Gasteiger partial charge in [0.25, 0.3) is 5.69 Å². The Morgan fingerprint density at radius 3 is 2.65 bits per heavy atom. The molecule has 0 aliphatic carbocycles. The van der Waals surface area contributed by atoms with Crippen LogP contribution < -0.4 is 5.32 Å². The van der Waals surface area contributed by atoms with Crippen LogP contribution in [0.4, 0.5) is 10.5 Å². The number of nitrogens with zero attached hydrogens (tertiary/aromatic N) is 3. The topological polar surface area (TPSA) is 139 Å². The van der Waals surface area contributed by atoms with E-state index >= 15 is 0 Å². The SMILES string of the molecule is CCCCOC(=O)NC(Cc1cn(CCCc2cc(-c3ccc([N+](=O)[O-])cc3)no2)c2ccccc12)C(=O)OC. The van der Waals surface area contributed by atoms with Gasteiger partial charge in [-0.2, -0.15) is 0 Å². The van der Waals surface area contributed by atoms with Gasteiger partial charge in [-0.05, 0) is 36.6 Å². The van der Waals surface area contributed by atoms with Crippen LogP contribution in [-0.4, -0.2) is 46.5 Å². The summed E-state index contributed by atoms with van der Waals surface area (Å²) >= 11 is 0. The van der Waals surface area contributed by atoms with Crippen molar-refractivity contribution in [1.29, 1.82) is 0 Å². The normalized spacial score (nSPS) is 11.8. The van der Waals surface area contributed by atoms with Crippen molar-refractivity contribution in [2.45, 2.75) is 51.6 Å². The highest BCUT2D eigenvalue weighted by Gasteiger charge is 2.24. The molecule has 4 aromatic rings. The summed E-state index contributed by atoms with van der Waals surface area (Å²) in [6.45, 7) is 2.97. The van der Waals surface area contributed by atoms with Crippen molar-refractivity contribution >= 4 is 28.7 Å². The van der Waals surface area contributed by atoms with Crippen LogP contribution in [0.1, 0.15) is 37.5 Å². The smallest absolute Gasteiger partial charge is 0.407 e.